The molecule has 1 aliphatic rings. The van der Waals surface area contributed by atoms with Crippen molar-refractivity contribution in [2.24, 2.45) is 5.92 Å². The number of piperidine rings is 1. The number of aromatic nitrogens is 1. The fourth-order valence-corrected chi connectivity index (χ4v) is 3.05. The van der Waals surface area contributed by atoms with Crippen LogP contribution in [0.3, 0.4) is 0 Å². The van der Waals surface area contributed by atoms with Crippen LogP contribution >= 0.6 is 0 Å². The number of hydrogen-bond acceptors (Lipinski definition) is 6. The third-order valence-corrected chi connectivity index (χ3v) is 4.59. The Labute approximate surface area is 156 Å². The zero-order valence-electron chi connectivity index (χ0n) is 15.2. The van der Waals surface area contributed by atoms with Gasteiger partial charge in [-0.25, -0.2) is 4.79 Å². The minimum atomic E-state index is -0.442. The van der Waals surface area contributed by atoms with Crippen molar-refractivity contribution < 1.29 is 23.6 Å². The minimum Gasteiger partial charge on any atom is -0.465 e. The van der Waals surface area contributed by atoms with E-state index < -0.39 is 5.97 Å². The molecule has 0 bridgehead atoms. The van der Waals surface area contributed by atoms with Crippen molar-refractivity contribution in [1.29, 1.82) is 0 Å². The molecule has 2 amide bonds. The topological polar surface area (TPSA) is 102 Å². The predicted molar refractivity (Wildman–Crippen MR) is 96.3 cm³/mol. The molecule has 1 N–H and O–H groups in total. The maximum atomic E-state index is 12.6. The van der Waals surface area contributed by atoms with Gasteiger partial charge in [-0.2, -0.15) is 0 Å². The molecule has 0 spiro atoms. The standard InChI is InChI=1S/C19H21N3O5/c1-12-11-16(21-27-12)20-17(23)13-7-9-22(10-8-13)18(24)14-3-5-15(6-4-14)19(25)26-2/h3-6,11,13H,7-10H2,1-2H3,(H,20,21,23). The van der Waals surface area contributed by atoms with Crippen molar-refractivity contribution in [1.82, 2.24) is 10.1 Å². The number of benzene rings is 1. The second-order valence-electron chi connectivity index (χ2n) is 6.45. The lowest BCUT2D eigenvalue weighted by atomic mass is 9.95. The van der Waals surface area contributed by atoms with Gasteiger partial charge in [-0.1, -0.05) is 5.16 Å². The first-order valence-electron chi connectivity index (χ1n) is 8.70. The lowest BCUT2D eigenvalue weighted by Gasteiger charge is -2.31. The number of amides is 2. The molecule has 0 radical (unpaired) electrons. The average molecular weight is 371 g/mol. The summed E-state index contributed by atoms with van der Waals surface area (Å²) >= 11 is 0. The molecule has 0 saturated carbocycles. The summed E-state index contributed by atoms with van der Waals surface area (Å²) < 4.78 is 9.58. The number of esters is 1. The zero-order valence-corrected chi connectivity index (χ0v) is 15.2. The second-order valence-corrected chi connectivity index (χ2v) is 6.45. The highest BCUT2D eigenvalue weighted by molar-refractivity contribution is 5.96. The van der Waals surface area contributed by atoms with Crippen LogP contribution in [0, 0.1) is 12.8 Å². The predicted octanol–water partition coefficient (Wildman–Crippen LogP) is 2.26. The van der Waals surface area contributed by atoms with E-state index >= 15 is 0 Å². The molecule has 8 nitrogen and oxygen atoms in total. The molecule has 3 rings (SSSR count). The van der Waals surface area contributed by atoms with Crippen LogP contribution in [0.2, 0.25) is 0 Å². The van der Waals surface area contributed by atoms with Crippen LogP contribution in [-0.4, -0.2) is 48.0 Å². The van der Waals surface area contributed by atoms with Crippen molar-refractivity contribution in [2.75, 3.05) is 25.5 Å². The molecule has 0 aliphatic carbocycles. The molecular formula is C19H21N3O5. The zero-order chi connectivity index (χ0) is 19.4. The van der Waals surface area contributed by atoms with Gasteiger partial charge in [0.25, 0.3) is 5.91 Å². The number of hydrogen-bond donors (Lipinski definition) is 1. The minimum absolute atomic E-state index is 0.113. The number of anilines is 1. The molecule has 2 heterocycles. The fourth-order valence-electron chi connectivity index (χ4n) is 3.05. The van der Waals surface area contributed by atoms with Crippen molar-refractivity contribution in [3.8, 4) is 0 Å². The van der Waals surface area contributed by atoms with E-state index in [-0.39, 0.29) is 17.7 Å². The Bertz CT molecular complexity index is 835. The van der Waals surface area contributed by atoms with Crippen molar-refractivity contribution >= 4 is 23.6 Å². The van der Waals surface area contributed by atoms with Gasteiger partial charge in [0.2, 0.25) is 5.91 Å². The Balaban J connectivity index is 1.54. The number of aryl methyl sites for hydroxylation is 1. The molecule has 27 heavy (non-hydrogen) atoms. The fraction of sp³-hybridized carbons (Fsp3) is 0.368. The number of ether oxygens (including phenoxy) is 1. The molecule has 1 fully saturated rings. The second kappa shape index (κ2) is 8.03. The number of carbonyl (C=O) groups is 3. The first-order chi connectivity index (χ1) is 13.0. The molecule has 1 aromatic carbocycles. The van der Waals surface area contributed by atoms with Crippen LogP contribution < -0.4 is 5.32 Å². The maximum absolute atomic E-state index is 12.6. The van der Waals surface area contributed by atoms with E-state index in [0.717, 1.165) is 0 Å². The highest BCUT2D eigenvalue weighted by Gasteiger charge is 2.28. The van der Waals surface area contributed by atoms with Gasteiger partial charge in [0.15, 0.2) is 5.82 Å². The van der Waals surface area contributed by atoms with E-state index in [4.69, 9.17) is 4.52 Å². The normalized spacial score (nSPS) is 14.7. The van der Waals surface area contributed by atoms with Gasteiger partial charge in [-0.3, -0.25) is 9.59 Å². The molecule has 0 unspecified atom stereocenters. The summed E-state index contributed by atoms with van der Waals surface area (Å²) in [7, 11) is 1.31. The van der Waals surface area contributed by atoms with Gasteiger partial charge in [0.1, 0.15) is 5.76 Å². The van der Waals surface area contributed by atoms with Gasteiger partial charge < -0.3 is 19.5 Å². The summed E-state index contributed by atoms with van der Waals surface area (Å²) in [5.41, 5.74) is 0.899. The van der Waals surface area contributed by atoms with Crippen LogP contribution in [-0.2, 0) is 9.53 Å². The van der Waals surface area contributed by atoms with E-state index in [1.54, 1.807) is 42.2 Å². The molecular weight excluding hydrogens is 350 g/mol. The van der Waals surface area contributed by atoms with E-state index in [0.29, 0.717) is 48.6 Å². The van der Waals surface area contributed by atoms with E-state index in [9.17, 15) is 14.4 Å². The molecule has 0 atom stereocenters. The third-order valence-electron chi connectivity index (χ3n) is 4.59. The molecule has 8 heteroatoms. The van der Waals surface area contributed by atoms with Crippen LogP contribution in [0.1, 0.15) is 39.3 Å². The number of nitrogens with one attached hydrogen (secondary N) is 1. The van der Waals surface area contributed by atoms with E-state index in [2.05, 4.69) is 15.2 Å². The first-order valence-corrected chi connectivity index (χ1v) is 8.70. The van der Waals surface area contributed by atoms with Crippen molar-refractivity contribution in [2.45, 2.75) is 19.8 Å². The molecule has 1 saturated heterocycles. The Morgan fingerprint density at radius 3 is 2.33 bits per heavy atom. The Morgan fingerprint density at radius 2 is 1.78 bits per heavy atom. The van der Waals surface area contributed by atoms with Crippen LogP contribution in [0.15, 0.2) is 34.9 Å². The Hall–Kier alpha value is -3.16. The van der Waals surface area contributed by atoms with Crippen LogP contribution in [0.5, 0.6) is 0 Å². The summed E-state index contributed by atoms with van der Waals surface area (Å²) in [6.45, 7) is 2.74. The lowest BCUT2D eigenvalue weighted by molar-refractivity contribution is -0.121. The largest absolute Gasteiger partial charge is 0.465 e. The summed E-state index contributed by atoms with van der Waals surface area (Å²) in [5, 5.41) is 6.49. The quantitative estimate of drug-likeness (QED) is 0.827. The lowest BCUT2D eigenvalue weighted by Crippen LogP contribution is -2.41. The van der Waals surface area contributed by atoms with E-state index in [1.165, 1.54) is 7.11 Å². The summed E-state index contributed by atoms with van der Waals surface area (Å²) in [6, 6.07) is 8.02. The Kier molecular flexibility index (Phi) is 5.54. The number of carbonyl (C=O) groups excluding carboxylic acids is 3. The SMILES string of the molecule is COC(=O)c1ccc(C(=O)N2CCC(C(=O)Nc3cc(C)on3)CC2)cc1. The third kappa shape index (κ3) is 4.33. The van der Waals surface area contributed by atoms with Crippen LogP contribution in [0.25, 0.3) is 0 Å². The molecule has 142 valence electrons. The average Bonchev–Trinajstić information content (AvgIpc) is 3.11. The number of methoxy groups -OCH3 is 1. The monoisotopic (exact) mass is 371 g/mol. The molecule has 2 aromatic rings. The summed E-state index contributed by atoms with van der Waals surface area (Å²) in [6.07, 6.45) is 1.16. The number of likely N-dealkylation sites (tertiary alicyclic amines) is 1. The smallest absolute Gasteiger partial charge is 0.337 e. The Morgan fingerprint density at radius 1 is 1.15 bits per heavy atom. The maximum Gasteiger partial charge on any atom is 0.337 e. The number of nitrogens with zero attached hydrogens (tertiary/aromatic N) is 2. The van der Waals surface area contributed by atoms with Gasteiger partial charge in [-0.15, -0.1) is 0 Å². The highest BCUT2D eigenvalue weighted by Crippen LogP contribution is 2.21. The van der Waals surface area contributed by atoms with Crippen molar-refractivity contribution in [3.63, 3.8) is 0 Å². The first kappa shape index (κ1) is 18.6. The molecule has 1 aromatic heterocycles. The van der Waals surface area contributed by atoms with Gasteiger partial charge in [-0.05, 0) is 44.0 Å². The summed E-state index contributed by atoms with van der Waals surface area (Å²) in [5.74, 6) is 0.191. The van der Waals surface area contributed by atoms with Gasteiger partial charge in [0, 0.05) is 30.6 Å². The summed E-state index contributed by atoms with van der Waals surface area (Å²) in [4.78, 5) is 38.1. The van der Waals surface area contributed by atoms with Crippen LogP contribution in [0.4, 0.5) is 5.82 Å². The van der Waals surface area contributed by atoms with Gasteiger partial charge >= 0.3 is 5.97 Å². The number of rotatable bonds is 4. The van der Waals surface area contributed by atoms with E-state index in [1.807, 2.05) is 0 Å². The van der Waals surface area contributed by atoms with Crippen molar-refractivity contribution in [3.05, 3.63) is 47.2 Å². The highest BCUT2D eigenvalue weighted by atomic mass is 16.5. The van der Waals surface area contributed by atoms with Gasteiger partial charge in [0.05, 0.1) is 12.7 Å². The molecule has 1 aliphatic heterocycles.